The molecule has 1 aromatic heterocycles. The normalized spacial score (nSPS) is 10.3. The van der Waals surface area contributed by atoms with E-state index in [1.165, 1.54) is 5.56 Å². The highest BCUT2D eigenvalue weighted by Crippen LogP contribution is 2.24. The summed E-state index contributed by atoms with van der Waals surface area (Å²) in [6.45, 7) is 2.69. The van der Waals surface area contributed by atoms with Gasteiger partial charge < -0.3 is 10.6 Å². The number of hydrogen-bond acceptors (Lipinski definition) is 3. The van der Waals surface area contributed by atoms with E-state index in [0.29, 0.717) is 12.1 Å². The molecule has 3 aromatic rings. The number of nitrogens with zero attached hydrogens (tertiary/aromatic N) is 1. The largest absolute Gasteiger partial charge is 0.366 e. The van der Waals surface area contributed by atoms with E-state index < -0.39 is 0 Å². The maximum absolute atomic E-state index is 12.3. The second-order valence-electron chi connectivity index (χ2n) is 5.71. The molecule has 0 bridgehead atoms. The number of halogens is 1. The predicted molar refractivity (Wildman–Crippen MR) is 105 cm³/mol. The van der Waals surface area contributed by atoms with Crippen LogP contribution in [0.1, 0.15) is 21.5 Å². The third kappa shape index (κ3) is 4.67. The van der Waals surface area contributed by atoms with Crippen LogP contribution in [-0.4, -0.2) is 10.9 Å². The first kappa shape index (κ1) is 17.2. The summed E-state index contributed by atoms with van der Waals surface area (Å²) in [7, 11) is 0. The first-order valence-electron chi connectivity index (χ1n) is 7.93. The molecule has 0 aliphatic carbocycles. The van der Waals surface area contributed by atoms with Crippen LogP contribution in [0.15, 0.2) is 71.3 Å². The molecule has 0 aliphatic heterocycles. The van der Waals surface area contributed by atoms with Crippen molar-refractivity contribution in [3.05, 3.63) is 88.0 Å². The van der Waals surface area contributed by atoms with Gasteiger partial charge in [0.25, 0.3) is 5.91 Å². The highest BCUT2D eigenvalue weighted by molar-refractivity contribution is 9.10. The molecule has 25 heavy (non-hydrogen) atoms. The van der Waals surface area contributed by atoms with Gasteiger partial charge in [-0.2, -0.15) is 0 Å². The van der Waals surface area contributed by atoms with Crippen LogP contribution in [0.3, 0.4) is 0 Å². The molecule has 0 radical (unpaired) electrons. The van der Waals surface area contributed by atoms with Gasteiger partial charge in [0.2, 0.25) is 0 Å². The van der Waals surface area contributed by atoms with Gasteiger partial charge in [0, 0.05) is 17.2 Å². The fourth-order valence-electron chi connectivity index (χ4n) is 2.34. The first-order chi connectivity index (χ1) is 12.1. The van der Waals surface area contributed by atoms with E-state index >= 15 is 0 Å². The van der Waals surface area contributed by atoms with Crippen molar-refractivity contribution in [1.82, 2.24) is 4.98 Å². The summed E-state index contributed by atoms with van der Waals surface area (Å²) in [6, 6.07) is 19.5. The summed E-state index contributed by atoms with van der Waals surface area (Å²) >= 11 is 3.46. The maximum Gasteiger partial charge on any atom is 0.257 e. The minimum Gasteiger partial charge on any atom is -0.366 e. The molecule has 0 unspecified atom stereocenters. The summed E-state index contributed by atoms with van der Waals surface area (Å²) in [5.41, 5.74) is 3.55. The quantitative estimate of drug-likeness (QED) is 0.637. The molecule has 1 heterocycles. The SMILES string of the molecule is Cc1ccc(NC(=O)c2ccc(NCc3ccccc3)nc2)c(Br)c1. The summed E-state index contributed by atoms with van der Waals surface area (Å²) < 4.78 is 0.856. The molecule has 0 atom stereocenters. The van der Waals surface area contributed by atoms with Crippen molar-refractivity contribution in [2.24, 2.45) is 0 Å². The molecule has 2 aromatic carbocycles. The zero-order valence-corrected chi connectivity index (χ0v) is 15.4. The van der Waals surface area contributed by atoms with Gasteiger partial charge in [0.1, 0.15) is 5.82 Å². The standard InChI is InChI=1S/C20H18BrN3O/c1-14-7-9-18(17(21)11-14)24-20(25)16-8-10-19(23-13-16)22-12-15-5-3-2-4-6-15/h2-11,13H,12H2,1H3,(H,22,23)(H,24,25). The summed E-state index contributed by atoms with van der Waals surface area (Å²) in [5.74, 6) is 0.545. The number of nitrogens with one attached hydrogen (secondary N) is 2. The van der Waals surface area contributed by atoms with Crippen molar-refractivity contribution < 1.29 is 4.79 Å². The lowest BCUT2D eigenvalue weighted by Crippen LogP contribution is -2.13. The second-order valence-corrected chi connectivity index (χ2v) is 6.56. The van der Waals surface area contributed by atoms with Crippen LogP contribution in [0, 0.1) is 6.92 Å². The van der Waals surface area contributed by atoms with Crippen LogP contribution >= 0.6 is 15.9 Å². The Balaban J connectivity index is 1.62. The van der Waals surface area contributed by atoms with Crippen LogP contribution in [0.5, 0.6) is 0 Å². The molecule has 0 saturated heterocycles. The van der Waals surface area contributed by atoms with Crippen molar-refractivity contribution in [2.45, 2.75) is 13.5 Å². The fraction of sp³-hybridized carbons (Fsp3) is 0.100. The summed E-state index contributed by atoms with van der Waals surface area (Å²) in [6.07, 6.45) is 1.57. The van der Waals surface area contributed by atoms with Gasteiger partial charge in [0.05, 0.1) is 11.3 Å². The van der Waals surface area contributed by atoms with Gasteiger partial charge in [-0.25, -0.2) is 4.98 Å². The van der Waals surface area contributed by atoms with E-state index in [1.54, 1.807) is 12.3 Å². The highest BCUT2D eigenvalue weighted by Gasteiger charge is 2.09. The lowest BCUT2D eigenvalue weighted by molar-refractivity contribution is 0.102. The number of amides is 1. The van der Waals surface area contributed by atoms with Gasteiger partial charge >= 0.3 is 0 Å². The lowest BCUT2D eigenvalue weighted by atomic mass is 10.2. The lowest BCUT2D eigenvalue weighted by Gasteiger charge is -2.09. The molecular formula is C20H18BrN3O. The number of pyridine rings is 1. The van der Waals surface area contributed by atoms with E-state index in [0.717, 1.165) is 21.5 Å². The number of carbonyl (C=O) groups is 1. The van der Waals surface area contributed by atoms with Crippen molar-refractivity contribution in [2.75, 3.05) is 10.6 Å². The van der Waals surface area contributed by atoms with Crippen LogP contribution in [0.4, 0.5) is 11.5 Å². The number of hydrogen-bond donors (Lipinski definition) is 2. The number of aromatic nitrogens is 1. The molecule has 0 spiro atoms. The Labute approximate surface area is 155 Å². The minimum atomic E-state index is -0.188. The van der Waals surface area contributed by atoms with Crippen LogP contribution < -0.4 is 10.6 Å². The average molecular weight is 396 g/mol. The molecule has 2 N–H and O–H groups in total. The fourth-order valence-corrected chi connectivity index (χ4v) is 2.93. The molecule has 0 fully saturated rings. The minimum absolute atomic E-state index is 0.188. The zero-order chi connectivity index (χ0) is 17.6. The molecule has 0 aliphatic rings. The van der Waals surface area contributed by atoms with Gasteiger partial charge in [-0.1, -0.05) is 36.4 Å². The molecular weight excluding hydrogens is 378 g/mol. The third-order valence-electron chi connectivity index (χ3n) is 3.71. The summed E-state index contributed by atoms with van der Waals surface area (Å²) in [5, 5.41) is 6.13. The molecule has 4 nitrogen and oxygen atoms in total. The number of rotatable bonds is 5. The van der Waals surface area contributed by atoms with Gasteiger partial charge in [-0.15, -0.1) is 0 Å². The van der Waals surface area contributed by atoms with Crippen molar-refractivity contribution in [3.63, 3.8) is 0 Å². The van der Waals surface area contributed by atoms with Gasteiger partial charge in [-0.3, -0.25) is 4.79 Å². The number of benzene rings is 2. The van der Waals surface area contributed by atoms with Crippen LogP contribution in [-0.2, 0) is 6.54 Å². The third-order valence-corrected chi connectivity index (χ3v) is 4.37. The Morgan fingerprint density at radius 1 is 1.08 bits per heavy atom. The van der Waals surface area contributed by atoms with E-state index in [2.05, 4.69) is 31.5 Å². The number of carbonyl (C=O) groups excluding carboxylic acids is 1. The Morgan fingerprint density at radius 3 is 2.56 bits per heavy atom. The highest BCUT2D eigenvalue weighted by atomic mass is 79.9. The zero-order valence-electron chi connectivity index (χ0n) is 13.8. The van der Waals surface area contributed by atoms with Crippen LogP contribution in [0.25, 0.3) is 0 Å². The Kier molecular flexibility index (Phi) is 5.46. The van der Waals surface area contributed by atoms with Crippen molar-refractivity contribution in [3.8, 4) is 0 Å². The monoisotopic (exact) mass is 395 g/mol. The smallest absolute Gasteiger partial charge is 0.257 e. The van der Waals surface area contributed by atoms with Crippen molar-refractivity contribution in [1.29, 1.82) is 0 Å². The maximum atomic E-state index is 12.3. The number of aryl methyl sites for hydroxylation is 1. The van der Waals surface area contributed by atoms with E-state index in [-0.39, 0.29) is 5.91 Å². The van der Waals surface area contributed by atoms with E-state index in [1.807, 2.05) is 61.5 Å². The Hall–Kier alpha value is -2.66. The van der Waals surface area contributed by atoms with E-state index in [4.69, 9.17) is 0 Å². The molecule has 0 saturated carbocycles. The first-order valence-corrected chi connectivity index (χ1v) is 8.72. The van der Waals surface area contributed by atoms with Gasteiger partial charge in [0.15, 0.2) is 0 Å². The number of anilines is 2. The second kappa shape index (κ2) is 7.94. The van der Waals surface area contributed by atoms with Gasteiger partial charge in [-0.05, 0) is 58.2 Å². The van der Waals surface area contributed by atoms with Crippen molar-refractivity contribution >= 4 is 33.3 Å². The molecule has 5 heteroatoms. The van der Waals surface area contributed by atoms with Crippen LogP contribution in [0.2, 0.25) is 0 Å². The average Bonchev–Trinajstić information content (AvgIpc) is 2.63. The predicted octanol–water partition coefficient (Wildman–Crippen LogP) is 5.02. The van der Waals surface area contributed by atoms with E-state index in [9.17, 15) is 4.79 Å². The Bertz CT molecular complexity index is 864. The summed E-state index contributed by atoms with van der Waals surface area (Å²) in [4.78, 5) is 16.7. The topological polar surface area (TPSA) is 54.0 Å². The molecule has 126 valence electrons. The Morgan fingerprint density at radius 2 is 1.88 bits per heavy atom. The molecule has 3 rings (SSSR count). The molecule has 1 amide bonds.